The molecule has 2 aliphatic rings. The molecule has 0 saturated carbocycles. The molecule has 1 N–H and O–H groups in total. The summed E-state index contributed by atoms with van der Waals surface area (Å²) < 4.78 is 31.5. The van der Waals surface area contributed by atoms with Gasteiger partial charge in [0.25, 0.3) is 0 Å². The number of nitrogens with zero attached hydrogens (tertiary/aromatic N) is 1. The number of ether oxygens (including phenoxy) is 1. The minimum absolute atomic E-state index is 0.0883. The molecule has 6 nitrogen and oxygen atoms in total. The third-order valence-corrected chi connectivity index (χ3v) is 6.08. The van der Waals surface area contributed by atoms with Crippen LogP contribution in [-0.2, 0) is 21.2 Å². The first-order chi connectivity index (χ1) is 9.35. The minimum Gasteiger partial charge on any atom is -0.493 e. The van der Waals surface area contributed by atoms with Gasteiger partial charge in [-0.25, -0.2) is 8.42 Å². The van der Waals surface area contributed by atoms with Gasteiger partial charge < -0.3 is 9.84 Å². The Balaban J connectivity index is 1.99. The Kier molecular flexibility index (Phi) is 2.81. The van der Waals surface area contributed by atoms with E-state index in [0.717, 1.165) is 16.3 Å². The fourth-order valence-corrected chi connectivity index (χ4v) is 4.35. The number of aliphatic carboxylic acids is 1. The number of carbonyl (C=O) groups is 1. The maximum atomic E-state index is 12.5. The second kappa shape index (κ2) is 4.20. The first kappa shape index (κ1) is 13.4. The number of rotatable bonds is 3. The van der Waals surface area contributed by atoms with Crippen LogP contribution >= 0.6 is 0 Å². The highest BCUT2D eigenvalue weighted by Gasteiger charge is 2.53. The molecule has 2 aliphatic heterocycles. The topological polar surface area (TPSA) is 83.9 Å². The van der Waals surface area contributed by atoms with Crippen LogP contribution in [-0.4, -0.2) is 42.5 Å². The van der Waals surface area contributed by atoms with Gasteiger partial charge in [-0.2, -0.15) is 4.31 Å². The third kappa shape index (κ3) is 1.73. The number of hydrogen-bond acceptors (Lipinski definition) is 4. The predicted molar refractivity (Wildman–Crippen MR) is 70.2 cm³/mol. The monoisotopic (exact) mass is 297 g/mol. The fourth-order valence-electron chi connectivity index (χ4n) is 2.57. The van der Waals surface area contributed by atoms with E-state index in [1.807, 2.05) is 0 Å². The molecule has 2 heterocycles. The quantitative estimate of drug-likeness (QED) is 0.894. The standard InChI is InChI=1S/C13H15NO5S/c1-13(12(15)16)5-6-14(13)20(17,18)10-3-2-9-4-7-19-11(9)8-10/h2-3,8H,4-7H2,1H3,(H,15,16). The molecule has 0 aromatic heterocycles. The average Bonchev–Trinajstić information content (AvgIpc) is 2.82. The molecular formula is C13H15NO5S. The minimum atomic E-state index is -3.80. The lowest BCUT2D eigenvalue weighted by atomic mass is 9.90. The second-order valence-electron chi connectivity index (χ2n) is 5.27. The Bertz CT molecular complexity index is 684. The zero-order chi connectivity index (χ0) is 14.5. The van der Waals surface area contributed by atoms with Crippen molar-refractivity contribution in [2.24, 2.45) is 0 Å². The van der Waals surface area contributed by atoms with Crippen LogP contribution < -0.4 is 4.74 Å². The van der Waals surface area contributed by atoms with Gasteiger partial charge >= 0.3 is 5.97 Å². The summed E-state index contributed by atoms with van der Waals surface area (Å²) in [7, 11) is -3.80. The van der Waals surface area contributed by atoms with Gasteiger partial charge in [0.2, 0.25) is 10.0 Å². The Morgan fingerprint density at radius 1 is 1.45 bits per heavy atom. The van der Waals surface area contributed by atoms with E-state index in [1.54, 1.807) is 6.07 Å². The average molecular weight is 297 g/mol. The van der Waals surface area contributed by atoms with E-state index >= 15 is 0 Å². The largest absolute Gasteiger partial charge is 0.493 e. The van der Waals surface area contributed by atoms with Gasteiger partial charge in [-0.1, -0.05) is 6.07 Å². The van der Waals surface area contributed by atoms with Gasteiger partial charge in [0.1, 0.15) is 11.3 Å². The van der Waals surface area contributed by atoms with Crippen molar-refractivity contribution in [1.29, 1.82) is 0 Å². The van der Waals surface area contributed by atoms with Crippen LogP contribution in [0.1, 0.15) is 18.9 Å². The zero-order valence-electron chi connectivity index (χ0n) is 11.0. The third-order valence-electron chi connectivity index (χ3n) is 4.07. The van der Waals surface area contributed by atoms with Crippen LogP contribution in [0.5, 0.6) is 5.75 Å². The van der Waals surface area contributed by atoms with E-state index in [2.05, 4.69) is 0 Å². The lowest BCUT2D eigenvalue weighted by molar-refractivity contribution is -0.153. The van der Waals surface area contributed by atoms with Crippen LogP contribution in [0.25, 0.3) is 0 Å². The van der Waals surface area contributed by atoms with Gasteiger partial charge in [0.15, 0.2) is 0 Å². The van der Waals surface area contributed by atoms with Crippen molar-refractivity contribution in [1.82, 2.24) is 4.31 Å². The van der Waals surface area contributed by atoms with Crippen molar-refractivity contribution < 1.29 is 23.1 Å². The molecule has 0 amide bonds. The Morgan fingerprint density at radius 2 is 2.20 bits per heavy atom. The molecule has 20 heavy (non-hydrogen) atoms. The second-order valence-corrected chi connectivity index (χ2v) is 7.14. The molecule has 1 saturated heterocycles. The van der Waals surface area contributed by atoms with Crippen molar-refractivity contribution >= 4 is 16.0 Å². The van der Waals surface area contributed by atoms with E-state index in [4.69, 9.17) is 4.74 Å². The molecule has 3 rings (SSSR count). The van der Waals surface area contributed by atoms with Crippen LogP contribution in [0, 0.1) is 0 Å². The lowest BCUT2D eigenvalue weighted by Crippen LogP contribution is -2.64. The number of carboxylic acids is 1. The Labute approximate surface area is 117 Å². The maximum Gasteiger partial charge on any atom is 0.324 e. The number of carboxylic acid groups (broad SMARTS) is 1. The molecule has 1 aromatic carbocycles. The number of fused-ring (bicyclic) bond motifs is 1. The molecule has 0 aliphatic carbocycles. The molecule has 1 aromatic rings. The predicted octanol–water partition coefficient (Wildman–Crippen LogP) is 0.859. The van der Waals surface area contributed by atoms with E-state index in [1.165, 1.54) is 19.1 Å². The van der Waals surface area contributed by atoms with Crippen molar-refractivity contribution in [2.45, 2.75) is 30.2 Å². The van der Waals surface area contributed by atoms with E-state index in [9.17, 15) is 18.3 Å². The van der Waals surface area contributed by atoms with E-state index in [-0.39, 0.29) is 11.4 Å². The molecule has 108 valence electrons. The van der Waals surface area contributed by atoms with Crippen LogP contribution in [0.2, 0.25) is 0 Å². The molecule has 0 bridgehead atoms. The first-order valence-corrected chi connectivity index (χ1v) is 7.82. The lowest BCUT2D eigenvalue weighted by Gasteiger charge is -2.45. The van der Waals surface area contributed by atoms with Crippen molar-refractivity contribution in [2.75, 3.05) is 13.2 Å². The molecule has 1 unspecified atom stereocenters. The van der Waals surface area contributed by atoms with Gasteiger partial charge in [-0.15, -0.1) is 0 Å². The number of sulfonamides is 1. The van der Waals surface area contributed by atoms with Gasteiger partial charge in [0, 0.05) is 19.0 Å². The molecule has 0 spiro atoms. The molecule has 7 heteroatoms. The fraction of sp³-hybridized carbons (Fsp3) is 0.462. The summed E-state index contributed by atoms with van der Waals surface area (Å²) in [5.41, 5.74) is -0.368. The summed E-state index contributed by atoms with van der Waals surface area (Å²) >= 11 is 0. The zero-order valence-corrected chi connectivity index (χ0v) is 11.8. The number of hydrogen-bond donors (Lipinski definition) is 1. The van der Waals surface area contributed by atoms with Gasteiger partial charge in [-0.3, -0.25) is 4.79 Å². The molecular weight excluding hydrogens is 282 g/mol. The maximum absolute atomic E-state index is 12.5. The molecule has 1 fully saturated rings. The van der Waals surface area contributed by atoms with Gasteiger partial charge in [-0.05, 0) is 25.0 Å². The highest BCUT2D eigenvalue weighted by atomic mass is 32.2. The Morgan fingerprint density at radius 3 is 2.80 bits per heavy atom. The normalized spacial score (nSPS) is 25.6. The van der Waals surface area contributed by atoms with E-state index in [0.29, 0.717) is 18.8 Å². The summed E-state index contributed by atoms with van der Waals surface area (Å²) in [5.74, 6) is -0.548. The molecule has 1 atom stereocenters. The van der Waals surface area contributed by atoms with Crippen LogP contribution in [0.3, 0.4) is 0 Å². The highest BCUT2D eigenvalue weighted by molar-refractivity contribution is 7.89. The Hall–Kier alpha value is -1.60. The van der Waals surface area contributed by atoms with E-state index < -0.39 is 21.5 Å². The molecule has 0 radical (unpaired) electrons. The van der Waals surface area contributed by atoms with Gasteiger partial charge in [0.05, 0.1) is 11.5 Å². The summed E-state index contributed by atoms with van der Waals surface area (Å²) in [5, 5.41) is 9.20. The first-order valence-electron chi connectivity index (χ1n) is 6.38. The van der Waals surface area contributed by atoms with Crippen LogP contribution in [0.15, 0.2) is 23.1 Å². The van der Waals surface area contributed by atoms with Crippen LogP contribution in [0.4, 0.5) is 0 Å². The number of benzene rings is 1. The van der Waals surface area contributed by atoms with Crippen molar-refractivity contribution in [3.05, 3.63) is 23.8 Å². The summed E-state index contributed by atoms with van der Waals surface area (Å²) in [6.07, 6.45) is 1.09. The summed E-state index contributed by atoms with van der Waals surface area (Å²) in [4.78, 5) is 11.3. The van der Waals surface area contributed by atoms with Crippen molar-refractivity contribution in [3.63, 3.8) is 0 Å². The highest BCUT2D eigenvalue weighted by Crippen LogP contribution is 2.38. The summed E-state index contributed by atoms with van der Waals surface area (Å²) in [6, 6.07) is 4.73. The smallest absolute Gasteiger partial charge is 0.324 e. The van der Waals surface area contributed by atoms with Crippen molar-refractivity contribution in [3.8, 4) is 5.75 Å². The SMILES string of the molecule is CC1(C(=O)O)CCN1S(=O)(=O)c1ccc2c(c1)OCC2. The summed E-state index contributed by atoms with van der Waals surface area (Å²) in [6.45, 7) is 2.21.